The van der Waals surface area contributed by atoms with Gasteiger partial charge in [-0.05, 0) is 35.9 Å². The van der Waals surface area contributed by atoms with Gasteiger partial charge in [0.25, 0.3) is 5.91 Å². The number of esters is 1. The maximum absolute atomic E-state index is 13.8. The lowest BCUT2D eigenvalue weighted by atomic mass is 10.2. The predicted molar refractivity (Wildman–Crippen MR) is 99.7 cm³/mol. The minimum Gasteiger partial charge on any atom is -0.494 e. The van der Waals surface area contributed by atoms with Gasteiger partial charge in [0.2, 0.25) is 5.76 Å². The van der Waals surface area contributed by atoms with Crippen LogP contribution in [0.15, 0.2) is 53.2 Å². The Hall–Kier alpha value is -3.62. The SMILES string of the molecule is COc1ccc(CN(C)C(=O)COC(=O)c2ccc(Cn3cccn3)o2)cc1F. The minimum absolute atomic E-state index is 0.000153. The molecule has 3 rings (SSSR count). The average Bonchev–Trinajstić information content (AvgIpc) is 3.38. The lowest BCUT2D eigenvalue weighted by Crippen LogP contribution is -2.30. The number of carbonyl (C=O) groups is 2. The van der Waals surface area contributed by atoms with Crippen LogP contribution in [0.1, 0.15) is 21.9 Å². The second-order valence-corrected chi connectivity index (χ2v) is 6.26. The summed E-state index contributed by atoms with van der Waals surface area (Å²) in [4.78, 5) is 25.6. The van der Waals surface area contributed by atoms with Gasteiger partial charge in [0.05, 0.1) is 13.7 Å². The molecule has 3 aromatic rings. The van der Waals surface area contributed by atoms with E-state index in [2.05, 4.69) is 5.10 Å². The molecule has 1 aromatic carbocycles. The summed E-state index contributed by atoms with van der Waals surface area (Å²) in [6, 6.07) is 9.33. The molecule has 0 radical (unpaired) electrons. The number of halogens is 1. The second kappa shape index (κ2) is 9.05. The minimum atomic E-state index is -0.742. The first kappa shape index (κ1) is 20.1. The molecule has 0 spiro atoms. The van der Waals surface area contributed by atoms with Crippen molar-refractivity contribution >= 4 is 11.9 Å². The predicted octanol–water partition coefficient (Wildman–Crippen LogP) is 2.49. The number of likely N-dealkylation sites (N-methyl/N-ethyl adjacent to an activating group) is 1. The third kappa shape index (κ3) is 5.22. The van der Waals surface area contributed by atoms with Gasteiger partial charge in [0, 0.05) is 26.0 Å². The molecule has 0 saturated heterocycles. The summed E-state index contributed by atoms with van der Waals surface area (Å²) in [7, 11) is 2.91. The zero-order valence-electron chi connectivity index (χ0n) is 16.0. The van der Waals surface area contributed by atoms with Crippen molar-refractivity contribution in [2.75, 3.05) is 20.8 Å². The topological polar surface area (TPSA) is 86.8 Å². The van der Waals surface area contributed by atoms with E-state index in [1.807, 2.05) is 0 Å². The number of nitrogens with zero attached hydrogens (tertiary/aromatic N) is 3. The van der Waals surface area contributed by atoms with Gasteiger partial charge in [0.15, 0.2) is 18.2 Å². The van der Waals surface area contributed by atoms with E-state index in [1.165, 1.54) is 37.3 Å². The Labute approximate surface area is 166 Å². The molecule has 0 atom stereocenters. The molecule has 2 heterocycles. The van der Waals surface area contributed by atoms with Crippen molar-refractivity contribution < 1.29 is 27.9 Å². The zero-order chi connectivity index (χ0) is 20.8. The molecule has 29 heavy (non-hydrogen) atoms. The second-order valence-electron chi connectivity index (χ2n) is 6.26. The molecule has 9 heteroatoms. The molecule has 0 unspecified atom stereocenters. The van der Waals surface area contributed by atoms with Gasteiger partial charge in [-0.15, -0.1) is 0 Å². The number of hydrogen-bond donors (Lipinski definition) is 0. The lowest BCUT2D eigenvalue weighted by molar-refractivity contribution is -0.133. The summed E-state index contributed by atoms with van der Waals surface area (Å²) in [6.07, 6.45) is 3.41. The van der Waals surface area contributed by atoms with E-state index in [-0.39, 0.29) is 18.1 Å². The number of rotatable bonds is 8. The lowest BCUT2D eigenvalue weighted by Gasteiger charge is -2.17. The van der Waals surface area contributed by atoms with Crippen LogP contribution in [0.4, 0.5) is 4.39 Å². The smallest absolute Gasteiger partial charge is 0.374 e. The molecule has 1 amide bonds. The van der Waals surface area contributed by atoms with Crippen LogP contribution in [-0.4, -0.2) is 47.3 Å². The standard InChI is InChI=1S/C20H20FN3O5/c1-23(11-14-4-6-17(27-2)16(21)10-14)19(25)13-28-20(26)18-7-5-15(29-18)12-24-9-3-8-22-24/h3-10H,11-13H2,1-2H3. The number of ether oxygens (including phenoxy) is 2. The first-order valence-electron chi connectivity index (χ1n) is 8.76. The van der Waals surface area contributed by atoms with Gasteiger partial charge in [0.1, 0.15) is 5.76 Å². The van der Waals surface area contributed by atoms with Gasteiger partial charge in [-0.1, -0.05) is 6.07 Å². The third-order valence-electron chi connectivity index (χ3n) is 4.13. The Morgan fingerprint density at radius 3 is 2.79 bits per heavy atom. The maximum Gasteiger partial charge on any atom is 0.374 e. The number of furan rings is 1. The van der Waals surface area contributed by atoms with E-state index in [4.69, 9.17) is 13.9 Å². The summed E-state index contributed by atoms with van der Waals surface area (Å²) in [6.45, 7) is 0.0790. The van der Waals surface area contributed by atoms with Crippen LogP contribution in [-0.2, 0) is 22.6 Å². The summed E-state index contributed by atoms with van der Waals surface area (Å²) in [5.41, 5.74) is 0.583. The Bertz CT molecular complexity index is 984. The zero-order valence-corrected chi connectivity index (χ0v) is 16.0. The van der Waals surface area contributed by atoms with E-state index >= 15 is 0 Å². The highest BCUT2D eigenvalue weighted by Crippen LogP contribution is 2.18. The van der Waals surface area contributed by atoms with Crippen molar-refractivity contribution in [3.05, 3.63) is 71.7 Å². The van der Waals surface area contributed by atoms with Crippen molar-refractivity contribution in [2.24, 2.45) is 0 Å². The molecule has 0 aliphatic heterocycles. The summed E-state index contributed by atoms with van der Waals surface area (Å²) in [5, 5.41) is 4.05. The van der Waals surface area contributed by atoms with E-state index in [0.717, 1.165) is 0 Å². The molecule has 0 aliphatic carbocycles. The van der Waals surface area contributed by atoms with Gasteiger partial charge < -0.3 is 18.8 Å². The Kier molecular flexibility index (Phi) is 6.28. The summed E-state index contributed by atoms with van der Waals surface area (Å²) in [5.74, 6) is -1.03. The number of aromatic nitrogens is 2. The molecule has 0 saturated carbocycles. The van der Waals surface area contributed by atoms with Crippen molar-refractivity contribution in [1.29, 1.82) is 0 Å². The molecule has 2 aromatic heterocycles. The van der Waals surface area contributed by atoms with E-state index < -0.39 is 24.3 Å². The van der Waals surface area contributed by atoms with Gasteiger partial charge in [-0.25, -0.2) is 9.18 Å². The fraction of sp³-hybridized carbons (Fsp3) is 0.250. The van der Waals surface area contributed by atoms with Crippen molar-refractivity contribution in [1.82, 2.24) is 14.7 Å². The van der Waals surface area contributed by atoms with Crippen molar-refractivity contribution in [3.63, 3.8) is 0 Å². The first-order valence-corrected chi connectivity index (χ1v) is 8.76. The van der Waals surface area contributed by atoms with Gasteiger partial charge in [-0.3, -0.25) is 9.48 Å². The average molecular weight is 401 g/mol. The highest BCUT2D eigenvalue weighted by Gasteiger charge is 2.17. The van der Waals surface area contributed by atoms with Crippen molar-refractivity contribution in [3.8, 4) is 5.75 Å². The maximum atomic E-state index is 13.8. The van der Waals surface area contributed by atoms with Crippen LogP contribution in [0.5, 0.6) is 5.75 Å². The fourth-order valence-corrected chi connectivity index (χ4v) is 2.61. The Morgan fingerprint density at radius 1 is 1.28 bits per heavy atom. The largest absolute Gasteiger partial charge is 0.494 e. The third-order valence-corrected chi connectivity index (χ3v) is 4.13. The normalized spacial score (nSPS) is 10.6. The number of benzene rings is 1. The molecule has 0 aliphatic rings. The van der Waals surface area contributed by atoms with Crippen LogP contribution in [0.3, 0.4) is 0 Å². The van der Waals surface area contributed by atoms with E-state index in [1.54, 1.807) is 35.3 Å². The number of methoxy groups -OCH3 is 1. The van der Waals surface area contributed by atoms with E-state index in [9.17, 15) is 14.0 Å². The molecule has 0 N–H and O–H groups in total. The van der Waals surface area contributed by atoms with Crippen LogP contribution in [0.25, 0.3) is 0 Å². The number of hydrogen-bond acceptors (Lipinski definition) is 6. The van der Waals surface area contributed by atoms with Crippen LogP contribution >= 0.6 is 0 Å². The molecule has 0 fully saturated rings. The summed E-state index contributed by atoms with van der Waals surface area (Å²) < 4.78 is 30.7. The van der Waals surface area contributed by atoms with Gasteiger partial charge >= 0.3 is 5.97 Å². The highest BCUT2D eigenvalue weighted by atomic mass is 19.1. The first-order chi connectivity index (χ1) is 14.0. The molecule has 8 nitrogen and oxygen atoms in total. The number of amides is 1. The van der Waals surface area contributed by atoms with Gasteiger partial charge in [-0.2, -0.15) is 5.10 Å². The molecular formula is C20H20FN3O5. The summed E-state index contributed by atoms with van der Waals surface area (Å²) >= 11 is 0. The van der Waals surface area contributed by atoms with Crippen LogP contribution < -0.4 is 4.74 Å². The number of carbonyl (C=O) groups excluding carboxylic acids is 2. The Morgan fingerprint density at radius 2 is 2.10 bits per heavy atom. The monoisotopic (exact) mass is 401 g/mol. The van der Waals surface area contributed by atoms with Crippen LogP contribution in [0.2, 0.25) is 0 Å². The van der Waals surface area contributed by atoms with Crippen LogP contribution in [0, 0.1) is 5.82 Å². The molecular weight excluding hydrogens is 381 g/mol. The fourth-order valence-electron chi connectivity index (χ4n) is 2.61. The quantitative estimate of drug-likeness (QED) is 0.539. The van der Waals surface area contributed by atoms with Crippen molar-refractivity contribution in [2.45, 2.75) is 13.1 Å². The highest BCUT2D eigenvalue weighted by molar-refractivity contribution is 5.88. The molecule has 0 bridgehead atoms. The molecule has 152 valence electrons. The van der Waals surface area contributed by atoms with E-state index in [0.29, 0.717) is 17.9 Å². The Balaban J connectivity index is 1.50.